The summed E-state index contributed by atoms with van der Waals surface area (Å²) in [7, 11) is 0. The van der Waals surface area contributed by atoms with Crippen molar-refractivity contribution in [3.8, 4) is 0 Å². The molecule has 1 amide bonds. The van der Waals surface area contributed by atoms with E-state index in [1.807, 2.05) is 0 Å². The van der Waals surface area contributed by atoms with Gasteiger partial charge in [-0.3, -0.25) is 14.4 Å². The van der Waals surface area contributed by atoms with Crippen LogP contribution < -0.4 is 5.32 Å². The molecule has 0 bridgehead atoms. The van der Waals surface area contributed by atoms with Crippen LogP contribution in [0.4, 0.5) is 13.2 Å². The summed E-state index contributed by atoms with van der Waals surface area (Å²) in [5.41, 5.74) is -0.615. The van der Waals surface area contributed by atoms with Gasteiger partial charge in [0.25, 0.3) is 0 Å². The zero-order valence-electron chi connectivity index (χ0n) is 13.3. The molecule has 0 spiro atoms. The predicted octanol–water partition coefficient (Wildman–Crippen LogP) is 1.81. The van der Waals surface area contributed by atoms with Gasteiger partial charge >= 0.3 is 6.18 Å². The third-order valence-corrected chi connectivity index (χ3v) is 4.76. The SMILES string of the molecule is Cc1c(Br)c(C(F)(F)F)nn1CCC(=O)NCCN1CCOCC1. The van der Waals surface area contributed by atoms with Gasteiger partial charge in [-0.15, -0.1) is 0 Å². The first-order chi connectivity index (χ1) is 11.3. The van der Waals surface area contributed by atoms with Crippen molar-refractivity contribution in [2.24, 2.45) is 0 Å². The first-order valence-corrected chi connectivity index (χ1v) is 8.45. The maximum atomic E-state index is 12.8. The molecule has 2 heterocycles. The summed E-state index contributed by atoms with van der Waals surface area (Å²) in [5, 5.41) is 6.32. The second-order valence-corrected chi connectivity index (χ2v) is 6.32. The Balaban J connectivity index is 1.77. The van der Waals surface area contributed by atoms with Crippen LogP contribution in [0.2, 0.25) is 0 Å². The predicted molar refractivity (Wildman–Crippen MR) is 84.6 cm³/mol. The maximum Gasteiger partial charge on any atom is 0.436 e. The number of hydrogen-bond acceptors (Lipinski definition) is 4. The summed E-state index contributed by atoms with van der Waals surface area (Å²) in [6.45, 7) is 5.96. The van der Waals surface area contributed by atoms with Gasteiger partial charge in [0.05, 0.1) is 29.9 Å². The largest absolute Gasteiger partial charge is 0.436 e. The quantitative estimate of drug-likeness (QED) is 0.773. The molecule has 24 heavy (non-hydrogen) atoms. The fourth-order valence-electron chi connectivity index (χ4n) is 2.40. The number of ether oxygens (including phenoxy) is 1. The average molecular weight is 413 g/mol. The summed E-state index contributed by atoms with van der Waals surface area (Å²) < 4.78 is 44.7. The van der Waals surface area contributed by atoms with Gasteiger partial charge in [0.15, 0.2) is 5.69 Å². The normalized spacial score (nSPS) is 16.4. The van der Waals surface area contributed by atoms with Gasteiger partial charge in [0.2, 0.25) is 5.91 Å². The Morgan fingerprint density at radius 2 is 2.00 bits per heavy atom. The molecule has 0 aromatic carbocycles. The summed E-state index contributed by atoms with van der Waals surface area (Å²) in [6.07, 6.45) is -4.44. The molecule has 1 saturated heterocycles. The van der Waals surface area contributed by atoms with Gasteiger partial charge in [-0.1, -0.05) is 0 Å². The summed E-state index contributed by atoms with van der Waals surface area (Å²) >= 11 is 2.91. The van der Waals surface area contributed by atoms with Crippen molar-refractivity contribution in [1.29, 1.82) is 0 Å². The van der Waals surface area contributed by atoms with E-state index in [-0.39, 0.29) is 23.3 Å². The minimum Gasteiger partial charge on any atom is -0.379 e. The number of rotatable bonds is 6. The number of carbonyl (C=O) groups is 1. The number of aromatic nitrogens is 2. The number of amides is 1. The smallest absolute Gasteiger partial charge is 0.379 e. The van der Waals surface area contributed by atoms with E-state index in [1.54, 1.807) is 0 Å². The van der Waals surface area contributed by atoms with E-state index >= 15 is 0 Å². The molecule has 1 aromatic rings. The highest BCUT2D eigenvalue weighted by molar-refractivity contribution is 9.10. The standard InChI is InChI=1S/C14H20BrF3N4O2/c1-10-12(15)13(14(16,17)18)20-22(10)4-2-11(23)19-3-5-21-6-8-24-9-7-21/h2-9H2,1H3,(H,19,23). The van der Waals surface area contributed by atoms with Crippen molar-refractivity contribution < 1.29 is 22.7 Å². The molecular weight excluding hydrogens is 393 g/mol. The number of nitrogens with one attached hydrogen (secondary N) is 1. The molecule has 0 atom stereocenters. The topological polar surface area (TPSA) is 59.4 Å². The Morgan fingerprint density at radius 1 is 1.33 bits per heavy atom. The van der Waals surface area contributed by atoms with Crippen LogP contribution in [0.5, 0.6) is 0 Å². The first-order valence-electron chi connectivity index (χ1n) is 7.66. The molecule has 1 aromatic heterocycles. The molecule has 2 rings (SSSR count). The Hall–Kier alpha value is -1.13. The van der Waals surface area contributed by atoms with Crippen LogP contribution in [0.15, 0.2) is 4.47 Å². The summed E-state index contributed by atoms with van der Waals surface area (Å²) in [6, 6.07) is 0. The Morgan fingerprint density at radius 3 is 2.58 bits per heavy atom. The molecule has 0 radical (unpaired) electrons. The number of carbonyl (C=O) groups excluding carboxylic acids is 1. The highest BCUT2D eigenvalue weighted by atomic mass is 79.9. The minimum atomic E-state index is -4.52. The van der Waals surface area contributed by atoms with E-state index < -0.39 is 11.9 Å². The van der Waals surface area contributed by atoms with Crippen molar-refractivity contribution in [2.75, 3.05) is 39.4 Å². The van der Waals surface area contributed by atoms with E-state index in [0.717, 1.165) is 19.6 Å². The van der Waals surface area contributed by atoms with Crippen molar-refractivity contribution in [3.63, 3.8) is 0 Å². The highest BCUT2D eigenvalue weighted by Crippen LogP contribution is 2.35. The lowest BCUT2D eigenvalue weighted by Crippen LogP contribution is -2.41. The number of aryl methyl sites for hydroxylation is 1. The van der Waals surface area contributed by atoms with Crippen LogP contribution in [0.25, 0.3) is 0 Å². The van der Waals surface area contributed by atoms with Crippen molar-refractivity contribution >= 4 is 21.8 Å². The molecule has 1 fully saturated rings. The zero-order chi connectivity index (χ0) is 17.7. The van der Waals surface area contributed by atoms with Crippen LogP contribution in [0, 0.1) is 6.92 Å². The van der Waals surface area contributed by atoms with Gasteiger partial charge in [0.1, 0.15) is 0 Å². The average Bonchev–Trinajstić information content (AvgIpc) is 2.82. The molecule has 0 saturated carbocycles. The molecule has 1 aliphatic heterocycles. The van der Waals surface area contributed by atoms with E-state index in [1.165, 1.54) is 11.6 Å². The number of nitrogens with zero attached hydrogens (tertiary/aromatic N) is 3. The second-order valence-electron chi connectivity index (χ2n) is 5.52. The molecule has 10 heteroatoms. The van der Waals surface area contributed by atoms with Gasteiger partial charge in [-0.2, -0.15) is 18.3 Å². The van der Waals surface area contributed by atoms with E-state index in [2.05, 4.69) is 31.2 Å². The van der Waals surface area contributed by atoms with Gasteiger partial charge < -0.3 is 10.1 Å². The Labute approximate surface area is 146 Å². The Bertz CT molecular complexity index is 571. The molecule has 1 N–H and O–H groups in total. The minimum absolute atomic E-state index is 0.0787. The number of halogens is 4. The second kappa shape index (κ2) is 8.30. The number of morpholine rings is 1. The van der Waals surface area contributed by atoms with Crippen molar-refractivity contribution in [2.45, 2.75) is 26.1 Å². The number of alkyl halides is 3. The monoisotopic (exact) mass is 412 g/mol. The Kier molecular flexibility index (Phi) is 6.64. The molecule has 6 nitrogen and oxygen atoms in total. The van der Waals surface area contributed by atoms with Crippen LogP contribution in [0.3, 0.4) is 0 Å². The van der Waals surface area contributed by atoms with E-state index in [9.17, 15) is 18.0 Å². The van der Waals surface area contributed by atoms with Crippen LogP contribution in [0.1, 0.15) is 17.8 Å². The molecular formula is C14H20BrF3N4O2. The highest BCUT2D eigenvalue weighted by Gasteiger charge is 2.37. The lowest BCUT2D eigenvalue weighted by molar-refractivity contribution is -0.142. The lowest BCUT2D eigenvalue weighted by Gasteiger charge is -2.26. The van der Waals surface area contributed by atoms with Crippen molar-refractivity contribution in [3.05, 3.63) is 15.9 Å². The van der Waals surface area contributed by atoms with Crippen LogP contribution >= 0.6 is 15.9 Å². The lowest BCUT2D eigenvalue weighted by atomic mass is 10.3. The van der Waals surface area contributed by atoms with Crippen LogP contribution in [-0.2, 0) is 22.3 Å². The van der Waals surface area contributed by atoms with Crippen molar-refractivity contribution in [1.82, 2.24) is 20.0 Å². The van der Waals surface area contributed by atoms with Gasteiger partial charge in [0, 0.05) is 32.6 Å². The fourth-order valence-corrected chi connectivity index (χ4v) is 2.91. The first kappa shape index (κ1) is 19.2. The molecule has 1 aliphatic rings. The molecule has 0 aliphatic carbocycles. The number of hydrogen-bond donors (Lipinski definition) is 1. The van der Waals surface area contributed by atoms with Crippen LogP contribution in [-0.4, -0.2) is 60.0 Å². The summed E-state index contributed by atoms with van der Waals surface area (Å²) in [4.78, 5) is 14.0. The maximum absolute atomic E-state index is 12.8. The molecule has 136 valence electrons. The third kappa shape index (κ3) is 5.18. The summed E-state index contributed by atoms with van der Waals surface area (Å²) in [5.74, 6) is -0.206. The molecule has 0 unspecified atom stereocenters. The zero-order valence-corrected chi connectivity index (χ0v) is 14.9. The fraction of sp³-hybridized carbons (Fsp3) is 0.714. The van der Waals surface area contributed by atoms with Gasteiger partial charge in [-0.05, 0) is 22.9 Å². The third-order valence-electron chi connectivity index (χ3n) is 3.81. The van der Waals surface area contributed by atoms with E-state index in [4.69, 9.17) is 4.74 Å². The van der Waals surface area contributed by atoms with E-state index in [0.29, 0.717) is 25.5 Å². The van der Waals surface area contributed by atoms with Gasteiger partial charge in [-0.25, -0.2) is 0 Å².